The Hall–Kier alpha value is -0.980. The molecule has 0 atom stereocenters. The molecule has 0 bridgehead atoms. The first kappa shape index (κ1) is 11.5. The van der Waals surface area contributed by atoms with Gasteiger partial charge in [-0.05, 0) is 36.8 Å². The van der Waals surface area contributed by atoms with Gasteiger partial charge in [0.15, 0.2) is 0 Å². The molecule has 0 aliphatic heterocycles. The molecule has 0 heterocycles. The van der Waals surface area contributed by atoms with Gasteiger partial charge in [0.05, 0.1) is 6.61 Å². The molecule has 1 nitrogen and oxygen atoms in total. The summed E-state index contributed by atoms with van der Waals surface area (Å²) in [6.45, 7) is 2.99. The minimum atomic E-state index is 0.738. The Bertz CT molecular complexity index is 313. The van der Waals surface area contributed by atoms with E-state index in [4.69, 9.17) is 4.74 Å². The molecule has 0 amide bonds. The zero-order chi connectivity index (χ0) is 11.2. The van der Waals surface area contributed by atoms with Crippen LogP contribution in [0.2, 0.25) is 0 Å². The summed E-state index contributed by atoms with van der Waals surface area (Å²) >= 11 is 0. The van der Waals surface area contributed by atoms with Gasteiger partial charge in [0.1, 0.15) is 5.75 Å². The largest absolute Gasteiger partial charge is 0.493 e. The van der Waals surface area contributed by atoms with Gasteiger partial charge in [-0.3, -0.25) is 0 Å². The molecule has 0 unspecified atom stereocenters. The summed E-state index contributed by atoms with van der Waals surface area (Å²) in [6, 6.07) is 8.60. The molecule has 1 fully saturated rings. The van der Waals surface area contributed by atoms with E-state index in [1.807, 2.05) is 0 Å². The molecule has 1 aromatic rings. The predicted octanol–water partition coefficient (Wildman–Crippen LogP) is 4.52. The average Bonchev–Trinajstić information content (AvgIpc) is 2.38. The number of benzene rings is 1. The van der Waals surface area contributed by atoms with Crippen molar-refractivity contribution in [2.24, 2.45) is 0 Å². The van der Waals surface area contributed by atoms with Crippen LogP contribution < -0.4 is 4.74 Å². The number of hydrogen-bond acceptors (Lipinski definition) is 1. The van der Waals surface area contributed by atoms with Gasteiger partial charge in [0.2, 0.25) is 0 Å². The van der Waals surface area contributed by atoms with Crippen LogP contribution in [0.5, 0.6) is 5.75 Å². The van der Waals surface area contributed by atoms with Crippen LogP contribution in [0.3, 0.4) is 0 Å². The van der Waals surface area contributed by atoms with Gasteiger partial charge in [-0.25, -0.2) is 0 Å². The monoisotopic (exact) mass is 218 g/mol. The molecule has 16 heavy (non-hydrogen) atoms. The van der Waals surface area contributed by atoms with Crippen LogP contribution in [0.1, 0.15) is 56.9 Å². The van der Waals surface area contributed by atoms with Gasteiger partial charge >= 0.3 is 0 Å². The summed E-state index contributed by atoms with van der Waals surface area (Å²) in [5.41, 5.74) is 1.44. The smallest absolute Gasteiger partial charge is 0.122 e. The number of rotatable bonds is 4. The van der Waals surface area contributed by atoms with E-state index in [0.29, 0.717) is 0 Å². The van der Waals surface area contributed by atoms with Crippen LogP contribution in [-0.2, 0) is 0 Å². The Morgan fingerprint density at radius 2 is 1.88 bits per heavy atom. The first-order valence-corrected chi connectivity index (χ1v) is 6.63. The second-order valence-corrected chi connectivity index (χ2v) is 4.72. The summed E-state index contributed by atoms with van der Waals surface area (Å²) < 4.78 is 5.84. The van der Waals surface area contributed by atoms with Gasteiger partial charge in [-0.1, -0.05) is 44.4 Å². The maximum atomic E-state index is 5.84. The molecule has 1 heteroatoms. The summed E-state index contributed by atoms with van der Waals surface area (Å²) in [6.07, 6.45) is 7.94. The Morgan fingerprint density at radius 3 is 2.62 bits per heavy atom. The second kappa shape index (κ2) is 5.93. The Balaban J connectivity index is 2.11. The van der Waals surface area contributed by atoms with E-state index in [9.17, 15) is 0 Å². The summed E-state index contributed by atoms with van der Waals surface area (Å²) in [5.74, 6) is 1.86. The Labute approximate surface area is 98.8 Å². The fourth-order valence-electron chi connectivity index (χ4n) is 2.57. The van der Waals surface area contributed by atoms with Crippen molar-refractivity contribution >= 4 is 0 Å². The first-order valence-electron chi connectivity index (χ1n) is 6.63. The summed E-state index contributed by atoms with van der Waals surface area (Å²) in [7, 11) is 0. The van der Waals surface area contributed by atoms with Crippen molar-refractivity contribution in [3.63, 3.8) is 0 Å². The Morgan fingerprint density at radius 1 is 1.12 bits per heavy atom. The molecule has 0 aromatic heterocycles. The average molecular weight is 218 g/mol. The molecule has 88 valence electrons. The van der Waals surface area contributed by atoms with Gasteiger partial charge in [-0.2, -0.15) is 0 Å². The minimum absolute atomic E-state index is 0.738. The fourth-order valence-corrected chi connectivity index (χ4v) is 2.57. The predicted molar refractivity (Wildman–Crippen MR) is 68.1 cm³/mol. The molecule has 1 aliphatic rings. The SMILES string of the molecule is CCCOc1ccccc1C1CCCCC1. The molecule has 2 rings (SSSR count). The van der Waals surface area contributed by atoms with Crippen molar-refractivity contribution in [3.8, 4) is 5.75 Å². The van der Waals surface area contributed by atoms with Crippen molar-refractivity contribution in [2.75, 3.05) is 6.61 Å². The highest BCUT2D eigenvalue weighted by Gasteiger charge is 2.18. The van der Waals surface area contributed by atoms with Crippen molar-refractivity contribution < 1.29 is 4.74 Å². The molecule has 0 saturated heterocycles. The lowest BCUT2D eigenvalue weighted by Gasteiger charge is -2.24. The minimum Gasteiger partial charge on any atom is -0.493 e. The molecule has 1 aromatic carbocycles. The third-order valence-corrected chi connectivity index (χ3v) is 3.43. The van der Waals surface area contributed by atoms with Crippen molar-refractivity contribution in [1.82, 2.24) is 0 Å². The van der Waals surface area contributed by atoms with E-state index >= 15 is 0 Å². The van der Waals surface area contributed by atoms with Gasteiger partial charge in [-0.15, -0.1) is 0 Å². The van der Waals surface area contributed by atoms with E-state index in [-0.39, 0.29) is 0 Å². The van der Waals surface area contributed by atoms with Crippen molar-refractivity contribution in [3.05, 3.63) is 29.8 Å². The first-order chi connectivity index (χ1) is 7.92. The zero-order valence-corrected chi connectivity index (χ0v) is 10.2. The summed E-state index contributed by atoms with van der Waals surface area (Å²) in [4.78, 5) is 0. The van der Waals surface area contributed by atoms with E-state index < -0.39 is 0 Å². The highest BCUT2D eigenvalue weighted by Crippen LogP contribution is 2.37. The summed E-state index contributed by atoms with van der Waals surface area (Å²) in [5, 5.41) is 0. The standard InChI is InChI=1S/C15H22O/c1-2-12-16-15-11-7-6-10-14(15)13-8-4-3-5-9-13/h6-7,10-11,13H,2-5,8-9,12H2,1H3. The van der Waals surface area contributed by atoms with Crippen LogP contribution >= 0.6 is 0 Å². The molecule has 1 saturated carbocycles. The molecular formula is C15H22O. The van der Waals surface area contributed by atoms with Gasteiger partial charge in [0, 0.05) is 0 Å². The second-order valence-electron chi connectivity index (χ2n) is 4.72. The fraction of sp³-hybridized carbons (Fsp3) is 0.600. The lowest BCUT2D eigenvalue weighted by atomic mass is 9.84. The number of ether oxygens (including phenoxy) is 1. The third-order valence-electron chi connectivity index (χ3n) is 3.43. The highest BCUT2D eigenvalue weighted by molar-refractivity contribution is 5.36. The molecule has 0 radical (unpaired) electrons. The molecular weight excluding hydrogens is 196 g/mol. The maximum absolute atomic E-state index is 5.84. The molecule has 0 spiro atoms. The van der Waals surface area contributed by atoms with E-state index in [1.54, 1.807) is 0 Å². The van der Waals surface area contributed by atoms with Crippen LogP contribution in [0, 0.1) is 0 Å². The molecule has 1 aliphatic carbocycles. The zero-order valence-electron chi connectivity index (χ0n) is 10.2. The van der Waals surface area contributed by atoms with Crippen molar-refractivity contribution in [1.29, 1.82) is 0 Å². The van der Waals surface area contributed by atoms with Crippen LogP contribution in [-0.4, -0.2) is 6.61 Å². The normalized spacial score (nSPS) is 17.3. The Kier molecular flexibility index (Phi) is 4.26. The highest BCUT2D eigenvalue weighted by atomic mass is 16.5. The van der Waals surface area contributed by atoms with Crippen LogP contribution in [0.4, 0.5) is 0 Å². The number of para-hydroxylation sites is 1. The lowest BCUT2D eigenvalue weighted by molar-refractivity contribution is 0.308. The molecule has 0 N–H and O–H groups in total. The van der Waals surface area contributed by atoms with E-state index in [1.165, 1.54) is 37.7 Å². The van der Waals surface area contributed by atoms with Gasteiger partial charge in [0.25, 0.3) is 0 Å². The maximum Gasteiger partial charge on any atom is 0.122 e. The number of hydrogen-bond donors (Lipinski definition) is 0. The van der Waals surface area contributed by atoms with Crippen molar-refractivity contribution in [2.45, 2.75) is 51.4 Å². The third kappa shape index (κ3) is 2.78. The topological polar surface area (TPSA) is 9.23 Å². The van der Waals surface area contributed by atoms with E-state index in [0.717, 1.165) is 24.7 Å². The van der Waals surface area contributed by atoms with Crippen LogP contribution in [0.25, 0.3) is 0 Å². The quantitative estimate of drug-likeness (QED) is 0.721. The van der Waals surface area contributed by atoms with E-state index in [2.05, 4.69) is 31.2 Å². The lowest BCUT2D eigenvalue weighted by Crippen LogP contribution is -2.07. The van der Waals surface area contributed by atoms with Crippen LogP contribution in [0.15, 0.2) is 24.3 Å². The van der Waals surface area contributed by atoms with Gasteiger partial charge < -0.3 is 4.74 Å².